The van der Waals surface area contributed by atoms with Crippen LogP contribution in [0.4, 0.5) is 0 Å². The summed E-state index contributed by atoms with van der Waals surface area (Å²) in [6, 6.07) is 14.2. The van der Waals surface area contributed by atoms with E-state index in [-0.39, 0.29) is 17.0 Å². The maximum absolute atomic E-state index is 8.48. The Morgan fingerprint density at radius 2 is 1.89 bits per heavy atom. The Balaban J connectivity index is 0.00000162. The maximum atomic E-state index is 8.48. The van der Waals surface area contributed by atoms with Gasteiger partial charge < -0.3 is 22.2 Å². The second kappa shape index (κ2) is 7.61. The van der Waals surface area contributed by atoms with Crippen molar-refractivity contribution in [1.82, 2.24) is 0 Å². The molecule has 1 aromatic carbocycles. The molecule has 4 heteroatoms. The summed E-state index contributed by atoms with van der Waals surface area (Å²) in [5.41, 5.74) is 2.21. The smallest absolute Gasteiger partial charge is 0.177 e. The molecule has 2 rings (SSSR count). The topological polar surface area (TPSA) is 36.5 Å². The molecular weight excluding hydrogens is 292 g/mol. The highest BCUT2D eigenvalue weighted by Crippen LogP contribution is 1.99. The Kier molecular flexibility index (Phi) is 6.08. The molecule has 0 saturated heterocycles. The molecule has 0 aliphatic rings. The molecule has 0 bridgehead atoms. The van der Waals surface area contributed by atoms with Crippen molar-refractivity contribution in [2.24, 2.45) is 5.16 Å². The standard InChI is InChI=1S/C14H14N2O.BrH/c17-15-11-14-7-4-9-16(12-14)10-8-13-5-2-1-3-6-13;/h1-7,9,11-12H,8,10H2;1H/b15-11+;. The molecule has 0 saturated carbocycles. The van der Waals surface area contributed by atoms with E-state index in [4.69, 9.17) is 5.21 Å². The van der Waals surface area contributed by atoms with Crippen LogP contribution in [0.2, 0.25) is 0 Å². The van der Waals surface area contributed by atoms with Gasteiger partial charge in [-0.3, -0.25) is 0 Å². The van der Waals surface area contributed by atoms with Crippen molar-refractivity contribution in [1.29, 1.82) is 0 Å². The monoisotopic (exact) mass is 306 g/mol. The third-order valence-electron chi connectivity index (χ3n) is 2.59. The summed E-state index contributed by atoms with van der Waals surface area (Å²) in [5.74, 6) is 0. The summed E-state index contributed by atoms with van der Waals surface area (Å²) in [6.07, 6.45) is 6.39. The number of hydrogen-bond donors (Lipinski definition) is 1. The van der Waals surface area contributed by atoms with E-state index in [1.54, 1.807) is 0 Å². The normalized spacial score (nSPS) is 10.2. The average Bonchev–Trinajstić information content (AvgIpc) is 2.39. The molecule has 1 heterocycles. The molecule has 0 spiro atoms. The van der Waals surface area contributed by atoms with Crippen molar-refractivity contribution in [2.45, 2.75) is 13.0 Å². The first kappa shape index (κ1) is 14.4. The minimum atomic E-state index is 0. The minimum absolute atomic E-state index is 0. The lowest BCUT2D eigenvalue weighted by Crippen LogP contribution is -3.00. The number of pyridine rings is 1. The Hall–Kier alpha value is -1.68. The lowest BCUT2D eigenvalue weighted by atomic mass is 10.1. The minimum Gasteiger partial charge on any atom is -1.00 e. The van der Waals surface area contributed by atoms with Crippen LogP contribution in [0.1, 0.15) is 11.1 Å². The molecule has 0 radical (unpaired) electrons. The number of rotatable bonds is 4. The van der Waals surface area contributed by atoms with Crippen LogP contribution in [0.25, 0.3) is 0 Å². The van der Waals surface area contributed by atoms with Crippen LogP contribution < -0.4 is 21.5 Å². The van der Waals surface area contributed by atoms with Gasteiger partial charge in [0, 0.05) is 12.5 Å². The first-order valence-corrected chi connectivity index (χ1v) is 5.59. The highest BCUT2D eigenvalue weighted by atomic mass is 79.9. The van der Waals surface area contributed by atoms with E-state index in [1.165, 1.54) is 11.8 Å². The molecule has 1 aromatic heterocycles. The summed E-state index contributed by atoms with van der Waals surface area (Å²) in [4.78, 5) is 0. The van der Waals surface area contributed by atoms with Crippen LogP contribution in [-0.2, 0) is 13.0 Å². The van der Waals surface area contributed by atoms with Gasteiger partial charge in [0.15, 0.2) is 18.9 Å². The number of hydrogen-bond acceptors (Lipinski definition) is 2. The van der Waals surface area contributed by atoms with E-state index in [9.17, 15) is 0 Å². The largest absolute Gasteiger partial charge is 1.00 e. The van der Waals surface area contributed by atoms with Gasteiger partial charge in [-0.1, -0.05) is 35.5 Å². The van der Waals surface area contributed by atoms with E-state index in [0.29, 0.717) is 0 Å². The van der Waals surface area contributed by atoms with Gasteiger partial charge in [0.25, 0.3) is 0 Å². The Morgan fingerprint density at radius 1 is 1.11 bits per heavy atom. The third kappa shape index (κ3) is 4.30. The molecular formula is C14H15BrN2O. The zero-order valence-corrected chi connectivity index (χ0v) is 11.5. The van der Waals surface area contributed by atoms with Crippen molar-refractivity contribution in [3.63, 3.8) is 0 Å². The molecule has 0 atom stereocenters. The lowest BCUT2D eigenvalue weighted by Gasteiger charge is -1.98. The fourth-order valence-corrected chi connectivity index (χ4v) is 1.73. The van der Waals surface area contributed by atoms with E-state index in [2.05, 4.69) is 34.0 Å². The lowest BCUT2D eigenvalue weighted by molar-refractivity contribution is -0.696. The molecule has 2 aromatic rings. The second-order valence-corrected chi connectivity index (χ2v) is 3.86. The number of aromatic nitrogens is 1. The number of aryl methyl sites for hydroxylation is 2. The van der Waals surface area contributed by atoms with Gasteiger partial charge in [0.1, 0.15) is 0 Å². The van der Waals surface area contributed by atoms with Crippen molar-refractivity contribution >= 4 is 6.21 Å². The maximum Gasteiger partial charge on any atom is 0.177 e. The van der Waals surface area contributed by atoms with Crippen LogP contribution in [0.3, 0.4) is 0 Å². The number of nitrogens with zero attached hydrogens (tertiary/aromatic N) is 2. The molecule has 1 N–H and O–H groups in total. The van der Waals surface area contributed by atoms with Gasteiger partial charge in [0.05, 0.1) is 11.8 Å². The summed E-state index contributed by atoms with van der Waals surface area (Å²) >= 11 is 0. The van der Waals surface area contributed by atoms with Crippen molar-refractivity contribution in [2.75, 3.05) is 0 Å². The molecule has 0 aliphatic heterocycles. The molecule has 0 amide bonds. The average molecular weight is 307 g/mol. The van der Waals surface area contributed by atoms with Gasteiger partial charge in [-0.25, -0.2) is 4.57 Å². The van der Waals surface area contributed by atoms with E-state index < -0.39 is 0 Å². The number of oxime groups is 1. The van der Waals surface area contributed by atoms with Crippen molar-refractivity contribution in [3.05, 3.63) is 66.0 Å². The van der Waals surface area contributed by atoms with Crippen LogP contribution in [0, 0.1) is 0 Å². The quantitative estimate of drug-likeness (QED) is 0.335. The predicted molar refractivity (Wildman–Crippen MR) is 66.2 cm³/mol. The summed E-state index contributed by atoms with van der Waals surface area (Å²) in [5, 5.41) is 11.5. The van der Waals surface area contributed by atoms with E-state index >= 15 is 0 Å². The zero-order chi connectivity index (χ0) is 11.9. The molecule has 18 heavy (non-hydrogen) atoms. The highest BCUT2D eigenvalue weighted by Gasteiger charge is 2.02. The molecule has 94 valence electrons. The molecule has 0 fully saturated rings. The number of benzene rings is 1. The van der Waals surface area contributed by atoms with Gasteiger partial charge >= 0.3 is 0 Å². The van der Waals surface area contributed by atoms with Gasteiger partial charge in [-0.05, 0) is 11.6 Å². The second-order valence-electron chi connectivity index (χ2n) is 3.86. The Bertz CT molecular complexity index is 500. The van der Waals surface area contributed by atoms with Crippen molar-refractivity contribution in [3.8, 4) is 0 Å². The third-order valence-corrected chi connectivity index (χ3v) is 2.59. The SMILES string of the molecule is O/N=C/c1ccc[n+](CCc2ccccc2)c1.[Br-]. The van der Waals surface area contributed by atoms with Crippen molar-refractivity contribution < 1.29 is 26.8 Å². The van der Waals surface area contributed by atoms with Crippen LogP contribution >= 0.6 is 0 Å². The fourth-order valence-electron chi connectivity index (χ4n) is 1.73. The van der Waals surface area contributed by atoms with Crippen LogP contribution in [0.5, 0.6) is 0 Å². The van der Waals surface area contributed by atoms with E-state index in [1.807, 2.05) is 30.6 Å². The molecule has 0 unspecified atom stereocenters. The summed E-state index contributed by atoms with van der Waals surface area (Å²) < 4.78 is 2.09. The summed E-state index contributed by atoms with van der Waals surface area (Å²) in [7, 11) is 0. The highest BCUT2D eigenvalue weighted by molar-refractivity contribution is 5.77. The zero-order valence-electron chi connectivity index (χ0n) is 9.91. The van der Waals surface area contributed by atoms with E-state index in [0.717, 1.165) is 18.5 Å². The summed E-state index contributed by atoms with van der Waals surface area (Å²) in [6.45, 7) is 0.914. The van der Waals surface area contributed by atoms with Crippen LogP contribution in [-0.4, -0.2) is 11.4 Å². The Labute approximate surface area is 117 Å². The molecule has 0 aliphatic carbocycles. The van der Waals surface area contributed by atoms with Gasteiger partial charge in [-0.15, -0.1) is 0 Å². The van der Waals surface area contributed by atoms with Gasteiger partial charge in [0.2, 0.25) is 0 Å². The number of halogens is 1. The first-order valence-electron chi connectivity index (χ1n) is 5.59. The molecule has 3 nitrogen and oxygen atoms in total. The fraction of sp³-hybridized carbons (Fsp3) is 0.143. The first-order chi connectivity index (χ1) is 8.38. The van der Waals surface area contributed by atoms with Crippen LogP contribution in [0.15, 0.2) is 60.0 Å². The van der Waals surface area contributed by atoms with Gasteiger partial charge in [-0.2, -0.15) is 0 Å². The Morgan fingerprint density at radius 3 is 2.61 bits per heavy atom. The predicted octanol–water partition coefficient (Wildman–Crippen LogP) is -0.971.